The molecule has 1 amide bonds. The number of carbonyl (C=O) groups is 2. The van der Waals surface area contributed by atoms with Gasteiger partial charge in [0.15, 0.2) is 11.6 Å². The summed E-state index contributed by atoms with van der Waals surface area (Å²) in [5.41, 5.74) is -0.294. The van der Waals surface area contributed by atoms with Gasteiger partial charge in [0, 0.05) is 19.0 Å². The minimum atomic E-state index is -1.15. The summed E-state index contributed by atoms with van der Waals surface area (Å²) < 4.78 is 27.0. The number of hydrogen-bond acceptors (Lipinski definition) is 2. The van der Waals surface area contributed by atoms with Crippen molar-refractivity contribution in [1.82, 2.24) is 4.90 Å². The third-order valence-corrected chi connectivity index (χ3v) is 3.76. The minimum absolute atomic E-state index is 0.0416. The molecule has 1 unspecified atom stereocenters. The summed E-state index contributed by atoms with van der Waals surface area (Å²) in [6.45, 7) is 0.444. The lowest BCUT2D eigenvalue weighted by atomic mass is 9.97. The van der Waals surface area contributed by atoms with Crippen LogP contribution in [0.5, 0.6) is 0 Å². The Balaban J connectivity index is 2.18. The molecule has 1 aromatic rings. The van der Waals surface area contributed by atoms with Gasteiger partial charge >= 0.3 is 5.97 Å². The first kappa shape index (κ1) is 15.4. The second-order valence-electron chi connectivity index (χ2n) is 5.18. The smallest absolute Gasteiger partial charge is 0.303 e. The molecule has 2 rings (SSSR count). The molecule has 1 aromatic carbocycles. The van der Waals surface area contributed by atoms with Crippen molar-refractivity contribution in [3.63, 3.8) is 0 Å². The molecular formula is C15H17F2NO3. The first-order chi connectivity index (χ1) is 10.0. The van der Waals surface area contributed by atoms with Crippen LogP contribution in [0.25, 0.3) is 0 Å². The van der Waals surface area contributed by atoms with Crippen LogP contribution in [0.4, 0.5) is 8.78 Å². The minimum Gasteiger partial charge on any atom is -0.481 e. The number of carbonyl (C=O) groups excluding carboxylic acids is 1. The summed E-state index contributed by atoms with van der Waals surface area (Å²) in [7, 11) is 0. The maximum Gasteiger partial charge on any atom is 0.303 e. The van der Waals surface area contributed by atoms with Crippen molar-refractivity contribution in [2.45, 2.75) is 38.1 Å². The summed E-state index contributed by atoms with van der Waals surface area (Å²) in [6, 6.07) is 3.28. The van der Waals surface area contributed by atoms with E-state index in [1.54, 1.807) is 0 Å². The maximum atomic E-state index is 13.7. The fourth-order valence-electron chi connectivity index (χ4n) is 2.68. The third-order valence-electron chi connectivity index (χ3n) is 3.76. The number of benzene rings is 1. The number of piperidine rings is 1. The van der Waals surface area contributed by atoms with Gasteiger partial charge < -0.3 is 10.0 Å². The van der Waals surface area contributed by atoms with E-state index in [0.29, 0.717) is 19.4 Å². The van der Waals surface area contributed by atoms with Crippen LogP contribution in [-0.4, -0.2) is 34.5 Å². The molecule has 0 saturated carbocycles. The van der Waals surface area contributed by atoms with Crippen molar-refractivity contribution >= 4 is 11.9 Å². The largest absolute Gasteiger partial charge is 0.481 e. The van der Waals surface area contributed by atoms with Crippen LogP contribution in [0, 0.1) is 11.6 Å². The van der Waals surface area contributed by atoms with Crippen molar-refractivity contribution in [1.29, 1.82) is 0 Å². The highest BCUT2D eigenvalue weighted by atomic mass is 19.2. The molecule has 0 bridgehead atoms. The van der Waals surface area contributed by atoms with Gasteiger partial charge in [-0.05, 0) is 37.8 Å². The maximum absolute atomic E-state index is 13.7. The van der Waals surface area contributed by atoms with Gasteiger partial charge in [-0.15, -0.1) is 0 Å². The number of likely N-dealkylation sites (tertiary alicyclic amines) is 1. The van der Waals surface area contributed by atoms with Gasteiger partial charge in [0.25, 0.3) is 5.91 Å². The first-order valence-corrected chi connectivity index (χ1v) is 6.97. The van der Waals surface area contributed by atoms with Crippen molar-refractivity contribution < 1.29 is 23.5 Å². The molecular weight excluding hydrogens is 280 g/mol. The summed E-state index contributed by atoms with van der Waals surface area (Å²) in [6.07, 6.45) is 2.67. The molecule has 1 aliphatic heterocycles. The molecule has 0 spiro atoms. The number of amides is 1. The lowest BCUT2D eigenvalue weighted by molar-refractivity contribution is -0.137. The van der Waals surface area contributed by atoms with Crippen molar-refractivity contribution in [3.05, 3.63) is 35.4 Å². The summed E-state index contributed by atoms with van der Waals surface area (Å²) >= 11 is 0. The van der Waals surface area contributed by atoms with Gasteiger partial charge in [-0.2, -0.15) is 0 Å². The van der Waals surface area contributed by atoms with E-state index in [0.717, 1.165) is 18.9 Å². The van der Waals surface area contributed by atoms with Crippen LogP contribution in [0.2, 0.25) is 0 Å². The van der Waals surface area contributed by atoms with Crippen molar-refractivity contribution in [2.75, 3.05) is 6.54 Å². The number of nitrogens with zero attached hydrogens (tertiary/aromatic N) is 1. The number of halogens is 2. The Morgan fingerprint density at radius 3 is 2.76 bits per heavy atom. The SMILES string of the molecule is O=C(O)CCC1CCCCN1C(=O)c1cccc(F)c1F. The molecule has 1 N–H and O–H groups in total. The van der Waals surface area contributed by atoms with Crippen molar-refractivity contribution in [3.8, 4) is 0 Å². The summed E-state index contributed by atoms with van der Waals surface area (Å²) in [4.78, 5) is 24.6. The van der Waals surface area contributed by atoms with Crippen LogP contribution < -0.4 is 0 Å². The van der Waals surface area contributed by atoms with Gasteiger partial charge in [-0.25, -0.2) is 8.78 Å². The highest BCUT2D eigenvalue weighted by Gasteiger charge is 2.29. The van der Waals surface area contributed by atoms with Gasteiger partial charge in [0.05, 0.1) is 5.56 Å². The Bertz CT molecular complexity index is 548. The molecule has 6 heteroatoms. The molecule has 1 atom stereocenters. The van der Waals surface area contributed by atoms with Crippen molar-refractivity contribution in [2.24, 2.45) is 0 Å². The van der Waals surface area contributed by atoms with E-state index < -0.39 is 23.5 Å². The second kappa shape index (κ2) is 6.65. The van der Waals surface area contributed by atoms with Crippen LogP contribution in [0.1, 0.15) is 42.5 Å². The second-order valence-corrected chi connectivity index (χ2v) is 5.18. The monoisotopic (exact) mass is 297 g/mol. The summed E-state index contributed by atoms with van der Waals surface area (Å²) in [5.74, 6) is -3.70. The molecule has 1 saturated heterocycles. The zero-order valence-corrected chi connectivity index (χ0v) is 11.5. The average Bonchev–Trinajstić information content (AvgIpc) is 2.47. The van der Waals surface area contributed by atoms with Crippen LogP contribution in [0.15, 0.2) is 18.2 Å². The van der Waals surface area contributed by atoms with E-state index in [1.807, 2.05) is 0 Å². The number of carboxylic acid groups (broad SMARTS) is 1. The molecule has 114 valence electrons. The van der Waals surface area contributed by atoms with E-state index in [4.69, 9.17) is 5.11 Å². The molecule has 1 aliphatic rings. The van der Waals surface area contributed by atoms with Crippen LogP contribution in [0.3, 0.4) is 0 Å². The Hall–Kier alpha value is -1.98. The number of carboxylic acids is 1. The van der Waals surface area contributed by atoms with E-state index in [2.05, 4.69) is 0 Å². The van der Waals surface area contributed by atoms with Gasteiger partial charge in [0.1, 0.15) is 0 Å². The number of rotatable bonds is 4. The molecule has 21 heavy (non-hydrogen) atoms. The molecule has 1 heterocycles. The van der Waals surface area contributed by atoms with Gasteiger partial charge in [-0.3, -0.25) is 9.59 Å². The Kier molecular flexibility index (Phi) is 4.88. The lowest BCUT2D eigenvalue weighted by Gasteiger charge is -2.35. The number of hydrogen-bond donors (Lipinski definition) is 1. The van der Waals surface area contributed by atoms with Gasteiger partial charge in [-0.1, -0.05) is 6.07 Å². The predicted octanol–water partition coefficient (Wildman–Crippen LogP) is 2.82. The molecule has 0 aromatic heterocycles. The van der Waals surface area contributed by atoms with E-state index >= 15 is 0 Å². The standard InChI is InChI=1S/C15H17F2NO3/c16-12-6-3-5-11(14(12)17)15(21)18-9-2-1-4-10(18)7-8-13(19)20/h3,5-6,10H,1-2,4,7-9H2,(H,19,20). The zero-order valence-electron chi connectivity index (χ0n) is 11.5. The first-order valence-electron chi connectivity index (χ1n) is 6.97. The fraction of sp³-hybridized carbons (Fsp3) is 0.467. The van der Waals surface area contributed by atoms with E-state index in [1.165, 1.54) is 17.0 Å². The third kappa shape index (κ3) is 3.56. The Labute approximate surface area is 121 Å². The van der Waals surface area contributed by atoms with E-state index in [-0.39, 0.29) is 18.0 Å². The predicted molar refractivity (Wildman–Crippen MR) is 71.9 cm³/mol. The quantitative estimate of drug-likeness (QED) is 0.929. The normalized spacial score (nSPS) is 18.6. The molecule has 1 fully saturated rings. The topological polar surface area (TPSA) is 57.6 Å². The number of aliphatic carboxylic acids is 1. The molecule has 0 aliphatic carbocycles. The Morgan fingerprint density at radius 2 is 2.05 bits per heavy atom. The van der Waals surface area contributed by atoms with E-state index in [9.17, 15) is 18.4 Å². The fourth-order valence-corrected chi connectivity index (χ4v) is 2.68. The highest BCUT2D eigenvalue weighted by molar-refractivity contribution is 5.94. The average molecular weight is 297 g/mol. The highest BCUT2D eigenvalue weighted by Crippen LogP contribution is 2.24. The zero-order chi connectivity index (χ0) is 15.4. The molecule has 4 nitrogen and oxygen atoms in total. The van der Waals surface area contributed by atoms with Crippen LogP contribution in [-0.2, 0) is 4.79 Å². The lowest BCUT2D eigenvalue weighted by Crippen LogP contribution is -2.44. The Morgan fingerprint density at radius 1 is 1.29 bits per heavy atom. The molecule has 0 radical (unpaired) electrons. The van der Waals surface area contributed by atoms with Gasteiger partial charge in [0.2, 0.25) is 0 Å². The van der Waals surface area contributed by atoms with Crippen LogP contribution >= 0.6 is 0 Å². The summed E-state index contributed by atoms with van der Waals surface area (Å²) in [5, 5.41) is 8.75.